The summed E-state index contributed by atoms with van der Waals surface area (Å²) in [6.07, 6.45) is 2.67. The predicted octanol–water partition coefficient (Wildman–Crippen LogP) is 2.70. The van der Waals surface area contributed by atoms with Gasteiger partial charge in [-0.2, -0.15) is 0 Å². The average molecular weight is 406 g/mol. The lowest BCUT2D eigenvalue weighted by atomic mass is 10.1. The van der Waals surface area contributed by atoms with Crippen molar-refractivity contribution in [3.63, 3.8) is 0 Å². The number of amides is 2. The van der Waals surface area contributed by atoms with E-state index in [4.69, 9.17) is 0 Å². The smallest absolute Gasteiger partial charge is 0.239 e. The minimum absolute atomic E-state index is 0.206. The van der Waals surface area contributed by atoms with Crippen molar-refractivity contribution in [3.05, 3.63) is 58.6 Å². The fourth-order valence-electron chi connectivity index (χ4n) is 2.85. The molecule has 3 rings (SSSR count). The molecule has 7 heteroatoms. The van der Waals surface area contributed by atoms with Gasteiger partial charge < -0.3 is 10.2 Å². The van der Waals surface area contributed by atoms with Crippen molar-refractivity contribution < 1.29 is 14.0 Å². The van der Waals surface area contributed by atoms with Crippen molar-refractivity contribution >= 4 is 33.4 Å². The van der Waals surface area contributed by atoms with Gasteiger partial charge in [0.1, 0.15) is 11.7 Å². The summed E-state index contributed by atoms with van der Waals surface area (Å²) >= 11 is 3.19. The Morgan fingerprint density at radius 1 is 1.36 bits per heavy atom. The van der Waals surface area contributed by atoms with Crippen LogP contribution in [0.1, 0.15) is 12.1 Å². The minimum Gasteiger partial charge on any atom is -0.355 e. The summed E-state index contributed by atoms with van der Waals surface area (Å²) in [5, 5.41) is 2.77. The maximum Gasteiger partial charge on any atom is 0.239 e. The number of halogens is 2. The number of aromatic nitrogens is 1. The summed E-state index contributed by atoms with van der Waals surface area (Å²) in [5.74, 6) is -1.94. The van der Waals surface area contributed by atoms with Crippen LogP contribution in [-0.2, 0) is 16.0 Å². The largest absolute Gasteiger partial charge is 0.355 e. The molecular weight excluding hydrogens is 389 g/mol. The van der Waals surface area contributed by atoms with E-state index in [1.54, 1.807) is 18.3 Å². The summed E-state index contributed by atoms with van der Waals surface area (Å²) in [4.78, 5) is 30.3. The molecule has 0 saturated carbocycles. The molecule has 1 aliphatic heterocycles. The second-order valence-corrected chi connectivity index (χ2v) is 6.70. The van der Waals surface area contributed by atoms with Crippen molar-refractivity contribution in [3.8, 4) is 0 Å². The van der Waals surface area contributed by atoms with E-state index >= 15 is 0 Å². The highest BCUT2D eigenvalue weighted by atomic mass is 79.9. The molecule has 0 spiro atoms. The van der Waals surface area contributed by atoms with Gasteiger partial charge >= 0.3 is 0 Å². The lowest BCUT2D eigenvalue weighted by Gasteiger charge is -2.17. The Kier molecular flexibility index (Phi) is 5.43. The summed E-state index contributed by atoms with van der Waals surface area (Å²) in [6.45, 7) is 0.738. The molecular formula is C18H17BrFN3O2. The van der Waals surface area contributed by atoms with Crippen LogP contribution in [0.3, 0.4) is 0 Å². The highest BCUT2D eigenvalue weighted by Gasteiger charge is 2.38. The molecule has 2 aromatic rings. The molecule has 1 aromatic carbocycles. The summed E-state index contributed by atoms with van der Waals surface area (Å²) in [6, 6.07) is 10.1. The van der Waals surface area contributed by atoms with Crippen molar-refractivity contribution in [2.75, 3.05) is 18.0 Å². The van der Waals surface area contributed by atoms with Gasteiger partial charge in [0.15, 0.2) is 0 Å². The van der Waals surface area contributed by atoms with Crippen LogP contribution in [0, 0.1) is 11.7 Å². The number of carbonyl (C=O) groups is 2. The summed E-state index contributed by atoms with van der Waals surface area (Å²) in [5.41, 5.74) is 1.08. The number of nitrogens with one attached hydrogen (secondary N) is 1. The number of anilines is 1. The first-order valence-corrected chi connectivity index (χ1v) is 8.79. The number of benzene rings is 1. The lowest BCUT2D eigenvalue weighted by molar-refractivity contribution is -0.132. The number of pyridine rings is 1. The molecule has 130 valence electrons. The van der Waals surface area contributed by atoms with Crippen LogP contribution in [0.25, 0.3) is 0 Å². The van der Waals surface area contributed by atoms with E-state index in [1.807, 2.05) is 18.2 Å². The topological polar surface area (TPSA) is 62.3 Å². The Morgan fingerprint density at radius 3 is 2.92 bits per heavy atom. The zero-order chi connectivity index (χ0) is 17.8. The highest BCUT2D eigenvalue weighted by Crippen LogP contribution is 2.29. The molecule has 1 N–H and O–H groups in total. The third-order valence-electron chi connectivity index (χ3n) is 4.13. The molecule has 0 unspecified atom stereocenters. The van der Waals surface area contributed by atoms with Gasteiger partial charge in [-0.3, -0.25) is 14.6 Å². The minimum atomic E-state index is -0.772. The SMILES string of the molecule is O=C(NCCc1ccccn1)[C@@H]1CCN(c2ccc(Br)cc2F)C1=O. The van der Waals surface area contributed by atoms with Crippen molar-refractivity contribution in [1.82, 2.24) is 10.3 Å². The van der Waals surface area contributed by atoms with Crippen LogP contribution < -0.4 is 10.2 Å². The Labute approximate surface area is 153 Å². The average Bonchev–Trinajstić information content (AvgIpc) is 2.97. The Hall–Kier alpha value is -2.28. The molecule has 1 saturated heterocycles. The van der Waals surface area contributed by atoms with Gasteiger partial charge in [0.2, 0.25) is 11.8 Å². The van der Waals surface area contributed by atoms with Gasteiger partial charge in [-0.05, 0) is 36.8 Å². The molecule has 2 heterocycles. The van der Waals surface area contributed by atoms with E-state index in [1.165, 1.54) is 11.0 Å². The third-order valence-corrected chi connectivity index (χ3v) is 4.62. The third kappa shape index (κ3) is 4.04. The molecule has 1 aromatic heterocycles. The van der Waals surface area contributed by atoms with Gasteiger partial charge in [0, 0.05) is 35.9 Å². The van der Waals surface area contributed by atoms with Crippen LogP contribution >= 0.6 is 15.9 Å². The van der Waals surface area contributed by atoms with E-state index in [0.717, 1.165) is 5.69 Å². The number of rotatable bonds is 5. The summed E-state index contributed by atoms with van der Waals surface area (Å²) in [7, 11) is 0. The van der Waals surface area contributed by atoms with Crippen LogP contribution in [0.4, 0.5) is 10.1 Å². The Balaban J connectivity index is 1.58. The quantitative estimate of drug-likeness (QED) is 0.777. The predicted molar refractivity (Wildman–Crippen MR) is 95.5 cm³/mol. The summed E-state index contributed by atoms with van der Waals surface area (Å²) < 4.78 is 14.7. The van der Waals surface area contributed by atoms with Crippen LogP contribution in [0.15, 0.2) is 47.1 Å². The van der Waals surface area contributed by atoms with E-state index in [2.05, 4.69) is 26.2 Å². The maximum absolute atomic E-state index is 14.1. The molecule has 1 atom stereocenters. The fraction of sp³-hybridized carbons (Fsp3) is 0.278. The van der Waals surface area contributed by atoms with Crippen molar-refractivity contribution in [1.29, 1.82) is 0 Å². The monoisotopic (exact) mass is 405 g/mol. The van der Waals surface area contributed by atoms with Crippen LogP contribution in [0.2, 0.25) is 0 Å². The number of carbonyl (C=O) groups excluding carboxylic acids is 2. The molecule has 5 nitrogen and oxygen atoms in total. The van der Waals surface area contributed by atoms with E-state index in [0.29, 0.717) is 30.4 Å². The number of hydrogen-bond donors (Lipinski definition) is 1. The molecule has 0 aliphatic carbocycles. The Bertz CT molecular complexity index is 785. The Morgan fingerprint density at radius 2 is 2.20 bits per heavy atom. The van der Waals surface area contributed by atoms with Crippen molar-refractivity contribution in [2.45, 2.75) is 12.8 Å². The fourth-order valence-corrected chi connectivity index (χ4v) is 3.18. The van der Waals surface area contributed by atoms with Crippen LogP contribution in [-0.4, -0.2) is 29.9 Å². The second-order valence-electron chi connectivity index (χ2n) is 5.79. The number of nitrogens with zero attached hydrogens (tertiary/aromatic N) is 2. The molecule has 25 heavy (non-hydrogen) atoms. The van der Waals surface area contributed by atoms with Gasteiger partial charge in [0.25, 0.3) is 0 Å². The zero-order valence-corrected chi connectivity index (χ0v) is 15.0. The van der Waals surface area contributed by atoms with Crippen LogP contribution in [0.5, 0.6) is 0 Å². The standard InChI is InChI=1S/C18H17BrFN3O2/c19-12-4-5-16(15(20)11-12)23-10-7-14(18(23)25)17(24)22-9-6-13-3-1-2-8-21-13/h1-5,8,11,14H,6-7,9-10H2,(H,22,24)/t14-/m0/s1. The molecule has 2 amide bonds. The van der Waals surface area contributed by atoms with Gasteiger partial charge in [-0.15, -0.1) is 0 Å². The second kappa shape index (κ2) is 7.74. The van der Waals surface area contributed by atoms with E-state index in [-0.39, 0.29) is 17.5 Å². The van der Waals surface area contributed by atoms with Gasteiger partial charge in [-0.25, -0.2) is 4.39 Å². The first-order valence-electron chi connectivity index (χ1n) is 8.00. The van der Waals surface area contributed by atoms with E-state index < -0.39 is 11.7 Å². The number of hydrogen-bond acceptors (Lipinski definition) is 3. The molecule has 1 aliphatic rings. The van der Waals surface area contributed by atoms with E-state index in [9.17, 15) is 14.0 Å². The zero-order valence-electron chi connectivity index (χ0n) is 13.4. The first-order chi connectivity index (χ1) is 12.1. The maximum atomic E-state index is 14.1. The van der Waals surface area contributed by atoms with Crippen molar-refractivity contribution in [2.24, 2.45) is 5.92 Å². The van der Waals surface area contributed by atoms with Gasteiger partial charge in [-0.1, -0.05) is 22.0 Å². The lowest BCUT2D eigenvalue weighted by Crippen LogP contribution is -2.37. The molecule has 1 fully saturated rings. The molecule has 0 bridgehead atoms. The highest BCUT2D eigenvalue weighted by molar-refractivity contribution is 9.10. The molecule has 0 radical (unpaired) electrons. The first kappa shape index (κ1) is 17.5. The van der Waals surface area contributed by atoms with Gasteiger partial charge in [0.05, 0.1) is 5.69 Å². The normalized spacial score (nSPS) is 17.0.